The van der Waals surface area contributed by atoms with Crippen molar-refractivity contribution < 1.29 is 14.3 Å². The highest BCUT2D eigenvalue weighted by Gasteiger charge is 2.11. The Morgan fingerprint density at radius 2 is 1.49 bits per heavy atom. The van der Waals surface area contributed by atoms with E-state index < -0.39 is 5.97 Å². The summed E-state index contributed by atoms with van der Waals surface area (Å²) in [6.45, 7) is 6.74. The van der Waals surface area contributed by atoms with E-state index in [1.54, 1.807) is 6.20 Å². The highest BCUT2D eigenvalue weighted by molar-refractivity contribution is 5.90. The monoisotopic (exact) mass is 528 g/mol. The number of carbonyl (C=O) groups excluding carboxylic acids is 1. The van der Waals surface area contributed by atoms with Gasteiger partial charge in [-0.3, -0.25) is 0 Å². The summed E-state index contributed by atoms with van der Waals surface area (Å²) in [5.41, 5.74) is 3.38. The van der Waals surface area contributed by atoms with E-state index >= 15 is 0 Å². The molecule has 0 amide bonds. The van der Waals surface area contributed by atoms with Crippen LogP contribution in [0.3, 0.4) is 0 Å². The number of unbranched alkanes of at least 4 members (excludes halogenated alkanes) is 10. The van der Waals surface area contributed by atoms with Crippen molar-refractivity contribution in [3.8, 4) is 22.9 Å². The number of rotatable bonds is 19. The second kappa shape index (κ2) is 17.9. The van der Waals surface area contributed by atoms with Crippen molar-refractivity contribution in [2.45, 2.75) is 90.4 Å². The fourth-order valence-electron chi connectivity index (χ4n) is 4.42. The zero-order valence-electron chi connectivity index (χ0n) is 23.6. The normalized spacial score (nSPS) is 10.8. The fraction of sp³-hybridized carbons (Fsp3) is 0.441. The Morgan fingerprint density at radius 3 is 2.18 bits per heavy atom. The third-order valence-electron chi connectivity index (χ3n) is 6.81. The van der Waals surface area contributed by atoms with E-state index in [0.717, 1.165) is 43.6 Å². The molecule has 0 unspecified atom stereocenters. The molecule has 0 N–H and O–H groups in total. The van der Waals surface area contributed by atoms with Gasteiger partial charge in [0.2, 0.25) is 5.88 Å². The fourth-order valence-corrected chi connectivity index (χ4v) is 4.42. The van der Waals surface area contributed by atoms with Gasteiger partial charge >= 0.3 is 5.97 Å². The van der Waals surface area contributed by atoms with Gasteiger partial charge in [-0.25, -0.2) is 14.8 Å². The van der Waals surface area contributed by atoms with E-state index in [-0.39, 0.29) is 5.88 Å². The third kappa shape index (κ3) is 11.4. The van der Waals surface area contributed by atoms with Crippen LogP contribution in [0.5, 0.6) is 11.6 Å². The Hall–Kier alpha value is -3.47. The summed E-state index contributed by atoms with van der Waals surface area (Å²) < 4.78 is 11.3. The van der Waals surface area contributed by atoms with E-state index in [9.17, 15) is 4.79 Å². The summed E-state index contributed by atoms with van der Waals surface area (Å²) in [6, 6.07) is 15.5. The lowest BCUT2D eigenvalue weighted by molar-refractivity contribution is 0.0727. The molecule has 0 aliphatic carbocycles. The van der Waals surface area contributed by atoms with E-state index in [0.29, 0.717) is 11.3 Å². The number of aryl methyl sites for hydroxylation is 1. The van der Waals surface area contributed by atoms with Gasteiger partial charge in [-0.1, -0.05) is 76.5 Å². The molecule has 5 nitrogen and oxygen atoms in total. The molecule has 1 heterocycles. The Labute approximate surface area is 234 Å². The standard InChI is InChI=1S/C34H44N2O3/c1-3-5-7-9-11-12-14-16-28-17-19-30(20-18-28)34(37)39-33-27-35-32(26-36-33)29-21-23-31(24-22-29)38-25-15-13-10-8-6-4-2/h3,17-24,26-27H,1,4-16,25H2,2H3. The van der Waals surface area contributed by atoms with Gasteiger partial charge in [0.15, 0.2) is 0 Å². The highest BCUT2D eigenvalue weighted by Crippen LogP contribution is 2.22. The van der Waals surface area contributed by atoms with Crippen LogP contribution in [0.1, 0.15) is 99.9 Å². The molecule has 0 bridgehead atoms. The van der Waals surface area contributed by atoms with Crippen LogP contribution in [-0.4, -0.2) is 22.5 Å². The third-order valence-corrected chi connectivity index (χ3v) is 6.81. The molecule has 0 fully saturated rings. The molecule has 39 heavy (non-hydrogen) atoms. The van der Waals surface area contributed by atoms with Crippen LogP contribution in [0.15, 0.2) is 73.6 Å². The minimum atomic E-state index is -0.433. The zero-order valence-corrected chi connectivity index (χ0v) is 23.6. The van der Waals surface area contributed by atoms with Crippen LogP contribution in [0.2, 0.25) is 0 Å². The van der Waals surface area contributed by atoms with Gasteiger partial charge in [-0.15, -0.1) is 6.58 Å². The summed E-state index contributed by atoms with van der Waals surface area (Å²) >= 11 is 0. The van der Waals surface area contributed by atoms with E-state index in [2.05, 4.69) is 23.5 Å². The van der Waals surface area contributed by atoms with Crippen molar-refractivity contribution in [3.63, 3.8) is 0 Å². The van der Waals surface area contributed by atoms with E-state index in [1.165, 1.54) is 69.5 Å². The summed E-state index contributed by atoms with van der Waals surface area (Å²) in [4.78, 5) is 21.3. The first kappa shape index (κ1) is 30.1. The lowest BCUT2D eigenvalue weighted by Crippen LogP contribution is -2.09. The zero-order chi connectivity index (χ0) is 27.5. The van der Waals surface area contributed by atoms with Crippen molar-refractivity contribution in [2.75, 3.05) is 6.61 Å². The van der Waals surface area contributed by atoms with E-state index in [4.69, 9.17) is 9.47 Å². The molecule has 2 aromatic carbocycles. The van der Waals surface area contributed by atoms with Crippen LogP contribution < -0.4 is 9.47 Å². The number of benzene rings is 2. The molecule has 3 aromatic rings. The SMILES string of the molecule is C=CCCCCCCCc1ccc(C(=O)Oc2cnc(-c3ccc(OCCCCCCCC)cc3)cn2)cc1. The minimum Gasteiger partial charge on any atom is -0.494 e. The van der Waals surface area contributed by atoms with Crippen molar-refractivity contribution in [1.29, 1.82) is 0 Å². The van der Waals surface area contributed by atoms with E-state index in [1.807, 2.05) is 54.6 Å². The van der Waals surface area contributed by atoms with Gasteiger partial charge in [0.1, 0.15) is 5.75 Å². The quantitative estimate of drug-likeness (QED) is 0.0881. The number of carbonyl (C=O) groups is 1. The maximum absolute atomic E-state index is 12.6. The summed E-state index contributed by atoms with van der Waals surface area (Å²) in [5.74, 6) is 0.608. The second-order valence-corrected chi connectivity index (χ2v) is 10.1. The number of ether oxygens (including phenoxy) is 2. The van der Waals surface area contributed by atoms with Crippen LogP contribution in [0.4, 0.5) is 0 Å². The maximum Gasteiger partial charge on any atom is 0.344 e. The van der Waals surface area contributed by atoms with Gasteiger partial charge in [0, 0.05) is 5.56 Å². The number of hydrogen-bond donors (Lipinski definition) is 0. The maximum atomic E-state index is 12.6. The molecule has 1 aromatic heterocycles. The van der Waals surface area contributed by atoms with Gasteiger partial charge in [-0.05, 0) is 74.1 Å². The smallest absolute Gasteiger partial charge is 0.344 e. The molecule has 0 aliphatic rings. The lowest BCUT2D eigenvalue weighted by atomic mass is 10.0. The van der Waals surface area contributed by atoms with Gasteiger partial charge in [0.05, 0.1) is 30.3 Å². The first-order chi connectivity index (χ1) is 19.2. The van der Waals surface area contributed by atoms with Crippen LogP contribution in [0, 0.1) is 0 Å². The Balaban J connectivity index is 1.39. The molecule has 0 saturated heterocycles. The van der Waals surface area contributed by atoms with Crippen molar-refractivity contribution in [3.05, 3.63) is 84.7 Å². The van der Waals surface area contributed by atoms with Crippen LogP contribution in [-0.2, 0) is 6.42 Å². The summed E-state index contributed by atoms with van der Waals surface area (Å²) in [7, 11) is 0. The van der Waals surface area contributed by atoms with Crippen molar-refractivity contribution >= 4 is 5.97 Å². The highest BCUT2D eigenvalue weighted by atomic mass is 16.5. The molecule has 208 valence electrons. The van der Waals surface area contributed by atoms with Gasteiger partial charge in [-0.2, -0.15) is 0 Å². The molecule has 0 spiro atoms. The average Bonchev–Trinajstić information content (AvgIpc) is 2.97. The topological polar surface area (TPSA) is 61.3 Å². The van der Waals surface area contributed by atoms with Crippen molar-refractivity contribution in [1.82, 2.24) is 9.97 Å². The first-order valence-corrected chi connectivity index (χ1v) is 14.7. The molecule has 3 rings (SSSR count). The lowest BCUT2D eigenvalue weighted by Gasteiger charge is -2.08. The molecule has 5 heteroatoms. The summed E-state index contributed by atoms with van der Waals surface area (Å²) in [6.07, 6.45) is 20.9. The largest absolute Gasteiger partial charge is 0.494 e. The Bertz CT molecular complexity index is 1090. The van der Waals surface area contributed by atoms with Crippen molar-refractivity contribution in [2.24, 2.45) is 0 Å². The number of aromatic nitrogens is 2. The molecule has 0 aliphatic heterocycles. The number of allylic oxidation sites excluding steroid dienone is 1. The molecular weight excluding hydrogens is 484 g/mol. The molecule has 0 saturated carbocycles. The molecule has 0 atom stereocenters. The van der Waals surface area contributed by atoms with Crippen LogP contribution >= 0.6 is 0 Å². The second-order valence-electron chi connectivity index (χ2n) is 10.1. The summed E-state index contributed by atoms with van der Waals surface area (Å²) in [5, 5.41) is 0. The number of nitrogens with zero attached hydrogens (tertiary/aromatic N) is 2. The van der Waals surface area contributed by atoms with Gasteiger partial charge in [0.25, 0.3) is 0 Å². The predicted octanol–water partition coefficient (Wildman–Crippen LogP) is 9.17. The molecule has 0 radical (unpaired) electrons. The van der Waals surface area contributed by atoms with Crippen LogP contribution in [0.25, 0.3) is 11.3 Å². The average molecular weight is 529 g/mol. The number of esters is 1. The molecular formula is C34H44N2O3. The van der Waals surface area contributed by atoms with Gasteiger partial charge < -0.3 is 9.47 Å². The Morgan fingerprint density at radius 1 is 0.795 bits per heavy atom. The number of hydrogen-bond acceptors (Lipinski definition) is 5. The Kier molecular flexibility index (Phi) is 13.8. The minimum absolute atomic E-state index is 0.183. The predicted molar refractivity (Wildman–Crippen MR) is 159 cm³/mol. The first-order valence-electron chi connectivity index (χ1n) is 14.7.